The highest BCUT2D eigenvalue weighted by Gasteiger charge is 2.23. The molecule has 0 bridgehead atoms. The molecule has 9 heteroatoms. The number of esters is 1. The number of rotatable bonds is 6. The molecule has 1 amide bonds. The van der Waals surface area contributed by atoms with Crippen LogP contribution in [0.3, 0.4) is 0 Å². The lowest BCUT2D eigenvalue weighted by Gasteiger charge is -2.16. The summed E-state index contributed by atoms with van der Waals surface area (Å²) in [5.74, 6) is -0.309. The number of nitrogens with one attached hydrogen (secondary N) is 1. The highest BCUT2D eigenvalue weighted by atomic mass is 32.2. The van der Waals surface area contributed by atoms with Crippen molar-refractivity contribution >= 4 is 33.3 Å². The Morgan fingerprint density at radius 3 is 2.39 bits per heavy atom. The van der Waals surface area contributed by atoms with Gasteiger partial charge in [0, 0.05) is 18.7 Å². The van der Waals surface area contributed by atoms with E-state index < -0.39 is 16.0 Å². The van der Waals surface area contributed by atoms with Crippen molar-refractivity contribution in [2.45, 2.75) is 17.7 Å². The van der Waals surface area contributed by atoms with Crippen LogP contribution in [0.15, 0.2) is 47.4 Å². The fourth-order valence-corrected chi connectivity index (χ4v) is 4.02. The van der Waals surface area contributed by atoms with E-state index in [0.717, 1.165) is 6.42 Å². The van der Waals surface area contributed by atoms with E-state index in [1.54, 1.807) is 17.0 Å². The standard InChI is InChI=1S/C19H20N2O6S/c1-26-17-10-5-13(19(23)27-2)12-16(17)20-28(24,25)15-8-6-14(7-9-15)21-11-3-4-18(21)22/h5-10,12,20H,3-4,11H2,1-2H3. The predicted molar refractivity (Wildman–Crippen MR) is 103 cm³/mol. The number of hydrogen-bond acceptors (Lipinski definition) is 6. The number of carbonyl (C=O) groups excluding carboxylic acids is 2. The van der Waals surface area contributed by atoms with Gasteiger partial charge in [-0.25, -0.2) is 13.2 Å². The van der Waals surface area contributed by atoms with Gasteiger partial charge in [-0.15, -0.1) is 0 Å². The number of benzene rings is 2. The molecule has 8 nitrogen and oxygen atoms in total. The van der Waals surface area contributed by atoms with Crippen LogP contribution < -0.4 is 14.4 Å². The highest BCUT2D eigenvalue weighted by molar-refractivity contribution is 7.92. The molecule has 2 aromatic carbocycles. The Labute approximate surface area is 163 Å². The molecule has 1 heterocycles. The zero-order valence-corrected chi connectivity index (χ0v) is 16.3. The number of carbonyl (C=O) groups is 2. The van der Waals surface area contributed by atoms with Crippen LogP contribution in [0.2, 0.25) is 0 Å². The molecule has 148 valence electrons. The first kappa shape index (κ1) is 19.7. The van der Waals surface area contributed by atoms with Crippen molar-refractivity contribution in [2.75, 3.05) is 30.4 Å². The van der Waals surface area contributed by atoms with E-state index in [4.69, 9.17) is 4.74 Å². The van der Waals surface area contributed by atoms with Crippen molar-refractivity contribution in [1.29, 1.82) is 0 Å². The SMILES string of the molecule is COC(=O)c1ccc(OC)c(NS(=O)(=O)c2ccc(N3CCCC3=O)cc2)c1. The van der Waals surface area contributed by atoms with Crippen LogP contribution >= 0.6 is 0 Å². The lowest BCUT2D eigenvalue weighted by Crippen LogP contribution is -2.23. The molecule has 1 aliphatic heterocycles. The minimum Gasteiger partial charge on any atom is -0.495 e. The summed E-state index contributed by atoms with van der Waals surface area (Å²) < 4.78 is 37.8. The topological polar surface area (TPSA) is 102 Å². The summed E-state index contributed by atoms with van der Waals surface area (Å²) in [6, 6.07) is 10.4. The third-order valence-electron chi connectivity index (χ3n) is 4.40. The summed E-state index contributed by atoms with van der Waals surface area (Å²) in [6.45, 7) is 0.626. The van der Waals surface area contributed by atoms with Crippen molar-refractivity contribution in [3.05, 3.63) is 48.0 Å². The molecule has 3 rings (SSSR count). The molecule has 1 saturated heterocycles. The minimum absolute atomic E-state index is 0.0217. The van der Waals surface area contributed by atoms with Gasteiger partial charge in [0.2, 0.25) is 5.91 Å². The number of anilines is 2. The molecular formula is C19H20N2O6S. The van der Waals surface area contributed by atoms with Crippen LogP contribution in [-0.2, 0) is 19.6 Å². The van der Waals surface area contributed by atoms with Crippen molar-refractivity contribution < 1.29 is 27.5 Å². The average Bonchev–Trinajstić information content (AvgIpc) is 3.13. The molecule has 28 heavy (non-hydrogen) atoms. The Balaban J connectivity index is 1.87. The summed E-state index contributed by atoms with van der Waals surface area (Å²) in [5.41, 5.74) is 0.958. The molecule has 1 aliphatic rings. The van der Waals surface area contributed by atoms with E-state index in [2.05, 4.69) is 9.46 Å². The Morgan fingerprint density at radius 1 is 1.11 bits per heavy atom. The molecule has 0 spiro atoms. The maximum atomic E-state index is 12.8. The molecule has 2 aromatic rings. The van der Waals surface area contributed by atoms with Crippen molar-refractivity contribution in [2.24, 2.45) is 0 Å². The Morgan fingerprint density at radius 2 is 1.82 bits per heavy atom. The molecule has 0 atom stereocenters. The lowest BCUT2D eigenvalue weighted by molar-refractivity contribution is -0.117. The Kier molecular flexibility index (Phi) is 5.55. The molecule has 1 N–H and O–H groups in total. The summed E-state index contributed by atoms with van der Waals surface area (Å²) in [7, 11) is -1.30. The van der Waals surface area contributed by atoms with E-state index >= 15 is 0 Å². The zero-order chi connectivity index (χ0) is 20.3. The van der Waals surface area contributed by atoms with Gasteiger partial charge in [0.05, 0.1) is 30.4 Å². The Hall–Kier alpha value is -3.07. The smallest absolute Gasteiger partial charge is 0.337 e. The fourth-order valence-electron chi connectivity index (χ4n) is 2.96. The second kappa shape index (κ2) is 7.89. The molecule has 0 saturated carbocycles. The monoisotopic (exact) mass is 404 g/mol. The van der Waals surface area contributed by atoms with Crippen molar-refractivity contribution in [1.82, 2.24) is 0 Å². The van der Waals surface area contributed by atoms with E-state index in [-0.39, 0.29) is 27.8 Å². The van der Waals surface area contributed by atoms with Gasteiger partial charge in [0.1, 0.15) is 5.75 Å². The number of hydrogen-bond donors (Lipinski definition) is 1. The van der Waals surface area contributed by atoms with Crippen LogP contribution in [0.1, 0.15) is 23.2 Å². The van der Waals surface area contributed by atoms with Gasteiger partial charge in [-0.3, -0.25) is 9.52 Å². The van der Waals surface area contributed by atoms with Gasteiger partial charge >= 0.3 is 5.97 Å². The number of amides is 1. The van der Waals surface area contributed by atoms with Gasteiger partial charge in [0.25, 0.3) is 10.0 Å². The fraction of sp³-hybridized carbons (Fsp3) is 0.263. The number of ether oxygens (including phenoxy) is 2. The summed E-state index contributed by atoms with van der Waals surface area (Å²) in [6.07, 6.45) is 1.29. The van der Waals surface area contributed by atoms with Gasteiger partial charge in [-0.05, 0) is 48.9 Å². The number of sulfonamides is 1. The minimum atomic E-state index is -3.93. The van der Waals surface area contributed by atoms with Crippen LogP contribution in [0.4, 0.5) is 11.4 Å². The second-order valence-electron chi connectivity index (χ2n) is 6.15. The van der Waals surface area contributed by atoms with Crippen LogP contribution in [0.5, 0.6) is 5.75 Å². The highest BCUT2D eigenvalue weighted by Crippen LogP contribution is 2.29. The van der Waals surface area contributed by atoms with Crippen LogP contribution in [-0.4, -0.2) is 41.1 Å². The Bertz CT molecular complexity index is 1000. The average molecular weight is 404 g/mol. The van der Waals surface area contributed by atoms with Crippen molar-refractivity contribution in [3.63, 3.8) is 0 Å². The number of methoxy groups -OCH3 is 2. The van der Waals surface area contributed by atoms with E-state index in [1.807, 2.05) is 0 Å². The number of nitrogens with zero attached hydrogens (tertiary/aromatic N) is 1. The van der Waals surface area contributed by atoms with Crippen LogP contribution in [0.25, 0.3) is 0 Å². The molecule has 0 unspecified atom stereocenters. The third kappa shape index (κ3) is 3.94. The van der Waals surface area contributed by atoms with E-state index in [1.165, 1.54) is 44.6 Å². The maximum absolute atomic E-state index is 12.8. The van der Waals surface area contributed by atoms with Gasteiger partial charge in [-0.2, -0.15) is 0 Å². The summed E-state index contributed by atoms with van der Waals surface area (Å²) in [4.78, 5) is 25.2. The lowest BCUT2D eigenvalue weighted by atomic mass is 10.2. The second-order valence-corrected chi connectivity index (χ2v) is 7.84. The first-order valence-electron chi connectivity index (χ1n) is 8.55. The first-order valence-corrected chi connectivity index (χ1v) is 10.0. The van der Waals surface area contributed by atoms with Crippen molar-refractivity contribution in [3.8, 4) is 5.75 Å². The third-order valence-corrected chi connectivity index (χ3v) is 5.78. The van der Waals surface area contributed by atoms with E-state index in [9.17, 15) is 18.0 Å². The van der Waals surface area contributed by atoms with Gasteiger partial charge in [-0.1, -0.05) is 0 Å². The largest absolute Gasteiger partial charge is 0.495 e. The molecule has 0 radical (unpaired) electrons. The van der Waals surface area contributed by atoms with E-state index in [0.29, 0.717) is 18.7 Å². The first-order chi connectivity index (χ1) is 13.4. The summed E-state index contributed by atoms with van der Waals surface area (Å²) >= 11 is 0. The zero-order valence-electron chi connectivity index (χ0n) is 15.5. The van der Waals surface area contributed by atoms with Gasteiger partial charge < -0.3 is 14.4 Å². The maximum Gasteiger partial charge on any atom is 0.337 e. The molecule has 1 fully saturated rings. The van der Waals surface area contributed by atoms with Crippen LogP contribution in [0, 0.1) is 0 Å². The van der Waals surface area contributed by atoms with Gasteiger partial charge in [0.15, 0.2) is 0 Å². The predicted octanol–water partition coefficient (Wildman–Crippen LogP) is 2.41. The molecular weight excluding hydrogens is 384 g/mol. The molecule has 0 aromatic heterocycles. The summed E-state index contributed by atoms with van der Waals surface area (Å²) in [5, 5.41) is 0. The molecule has 0 aliphatic carbocycles. The quantitative estimate of drug-likeness (QED) is 0.742. The normalized spacial score (nSPS) is 14.1.